The lowest BCUT2D eigenvalue weighted by Crippen LogP contribution is -2.45. The summed E-state index contributed by atoms with van der Waals surface area (Å²) < 4.78 is 44.7. The van der Waals surface area contributed by atoms with Gasteiger partial charge in [-0.15, -0.1) is 4.99 Å². The molecule has 146 valence electrons. The minimum absolute atomic E-state index is 0.309. The van der Waals surface area contributed by atoms with Crippen molar-refractivity contribution < 1.29 is 38.1 Å². The van der Waals surface area contributed by atoms with E-state index in [2.05, 4.69) is 15.8 Å². The molecule has 2 rings (SSSR count). The fourth-order valence-electron chi connectivity index (χ4n) is 2.09. The van der Waals surface area contributed by atoms with Crippen LogP contribution in [0, 0.1) is 24.4 Å². The Hall–Kier alpha value is -2.82. The molecule has 0 aliphatic carbocycles. The maximum atomic E-state index is 13.6. The highest BCUT2D eigenvalue weighted by molar-refractivity contribution is 5.97. The molecule has 0 aliphatic heterocycles. The van der Waals surface area contributed by atoms with Gasteiger partial charge in [0, 0.05) is 17.8 Å². The van der Waals surface area contributed by atoms with Gasteiger partial charge in [-0.3, -0.25) is 4.79 Å². The lowest BCUT2D eigenvalue weighted by atomic mass is 10.1. The van der Waals surface area contributed by atoms with Crippen molar-refractivity contribution >= 4 is 17.3 Å². The van der Waals surface area contributed by atoms with Crippen molar-refractivity contribution in [3.05, 3.63) is 53.3 Å². The number of carbonyl (C=O) groups is 1. The van der Waals surface area contributed by atoms with Crippen molar-refractivity contribution in [3.8, 4) is 5.75 Å². The largest absolute Gasteiger partial charge is 0.487 e. The standard InChI is InChI=1S/C17H17F3N2O5/c1-9-5-11(3-4-13(9)22-27-25)21-16(23)17(2,24)8-26-14-7-10(18)6-12(19)15(14)20/h3-7,22,24-25H,8H2,1-2H3,(H,21,23). The number of amides is 1. The topological polar surface area (TPSA) is 100 Å². The number of aryl methyl sites for hydroxylation is 1. The Balaban J connectivity index is 2.06. The number of ether oxygens (including phenoxy) is 1. The Morgan fingerprint density at radius 1 is 1.22 bits per heavy atom. The summed E-state index contributed by atoms with van der Waals surface area (Å²) in [6, 6.07) is 5.43. The summed E-state index contributed by atoms with van der Waals surface area (Å²) in [6.07, 6.45) is 0. The van der Waals surface area contributed by atoms with Crippen molar-refractivity contribution in [2.45, 2.75) is 19.4 Å². The average molecular weight is 386 g/mol. The summed E-state index contributed by atoms with van der Waals surface area (Å²) in [5.74, 6) is -5.61. The zero-order valence-electron chi connectivity index (χ0n) is 14.3. The number of hydrogen-bond donors (Lipinski definition) is 4. The molecule has 10 heteroatoms. The van der Waals surface area contributed by atoms with E-state index in [0.29, 0.717) is 29.1 Å². The van der Waals surface area contributed by atoms with Gasteiger partial charge in [-0.1, -0.05) is 0 Å². The quantitative estimate of drug-likeness (QED) is 0.332. The zero-order chi connectivity index (χ0) is 20.2. The minimum atomic E-state index is -2.13. The van der Waals surface area contributed by atoms with E-state index in [-0.39, 0.29) is 0 Å². The van der Waals surface area contributed by atoms with Gasteiger partial charge in [0.15, 0.2) is 17.2 Å². The summed E-state index contributed by atoms with van der Waals surface area (Å²) in [4.78, 5) is 16.0. The number of benzene rings is 2. The molecule has 1 unspecified atom stereocenters. The molecule has 2 aromatic rings. The maximum absolute atomic E-state index is 13.6. The Kier molecular flexibility index (Phi) is 6.26. The molecule has 27 heavy (non-hydrogen) atoms. The molecule has 0 bridgehead atoms. The van der Waals surface area contributed by atoms with Crippen molar-refractivity contribution in [1.82, 2.24) is 0 Å². The maximum Gasteiger partial charge on any atom is 0.259 e. The molecule has 0 saturated carbocycles. The second-order valence-electron chi connectivity index (χ2n) is 5.94. The Morgan fingerprint density at radius 2 is 1.93 bits per heavy atom. The van der Waals surface area contributed by atoms with Crippen LogP contribution in [0.2, 0.25) is 0 Å². The normalized spacial score (nSPS) is 13.0. The first-order chi connectivity index (χ1) is 12.6. The lowest BCUT2D eigenvalue weighted by Gasteiger charge is -2.23. The van der Waals surface area contributed by atoms with E-state index in [0.717, 1.165) is 6.92 Å². The van der Waals surface area contributed by atoms with Crippen molar-refractivity contribution in [3.63, 3.8) is 0 Å². The highest BCUT2D eigenvalue weighted by Crippen LogP contribution is 2.24. The van der Waals surface area contributed by atoms with Crippen LogP contribution in [-0.4, -0.2) is 28.5 Å². The fraction of sp³-hybridized carbons (Fsp3) is 0.235. The minimum Gasteiger partial charge on any atom is -0.487 e. The molecule has 4 N–H and O–H groups in total. The second kappa shape index (κ2) is 8.25. The number of carbonyl (C=O) groups excluding carboxylic acids is 1. The number of aliphatic hydroxyl groups is 1. The predicted octanol–water partition coefficient (Wildman–Crippen LogP) is 3.00. The van der Waals surface area contributed by atoms with Crippen molar-refractivity contribution in [2.75, 3.05) is 17.4 Å². The van der Waals surface area contributed by atoms with E-state index < -0.39 is 41.3 Å². The Morgan fingerprint density at radius 3 is 2.56 bits per heavy atom. The molecule has 0 heterocycles. The molecule has 1 atom stereocenters. The first-order valence-electron chi connectivity index (χ1n) is 7.62. The van der Waals surface area contributed by atoms with Crippen LogP contribution in [0.4, 0.5) is 24.5 Å². The van der Waals surface area contributed by atoms with E-state index in [1.807, 2.05) is 0 Å². The first kappa shape index (κ1) is 20.5. The van der Waals surface area contributed by atoms with Crippen LogP contribution in [0.5, 0.6) is 5.75 Å². The van der Waals surface area contributed by atoms with Gasteiger partial charge >= 0.3 is 0 Å². The van der Waals surface area contributed by atoms with Crippen LogP contribution in [0.1, 0.15) is 12.5 Å². The number of halogens is 3. The summed E-state index contributed by atoms with van der Waals surface area (Å²) >= 11 is 0. The van der Waals surface area contributed by atoms with Gasteiger partial charge in [0.25, 0.3) is 5.91 Å². The number of nitrogens with one attached hydrogen (secondary N) is 2. The van der Waals surface area contributed by atoms with Crippen molar-refractivity contribution in [1.29, 1.82) is 0 Å². The summed E-state index contributed by atoms with van der Waals surface area (Å²) in [5.41, 5.74) is 1.44. The monoisotopic (exact) mass is 386 g/mol. The average Bonchev–Trinajstić information content (AvgIpc) is 2.59. The Bertz CT molecular complexity index is 846. The molecule has 2 aromatic carbocycles. The van der Waals surface area contributed by atoms with Gasteiger partial charge in [0.2, 0.25) is 5.82 Å². The van der Waals surface area contributed by atoms with Gasteiger partial charge in [0.05, 0.1) is 5.69 Å². The van der Waals surface area contributed by atoms with E-state index in [1.165, 1.54) is 18.2 Å². The van der Waals surface area contributed by atoms with Crippen LogP contribution >= 0.6 is 0 Å². The molecule has 0 aromatic heterocycles. The molecule has 0 saturated heterocycles. The number of anilines is 2. The van der Waals surface area contributed by atoms with E-state index in [1.54, 1.807) is 6.92 Å². The molecule has 0 spiro atoms. The molecule has 7 nitrogen and oxygen atoms in total. The smallest absolute Gasteiger partial charge is 0.259 e. The van der Waals surface area contributed by atoms with Crippen LogP contribution in [0.15, 0.2) is 30.3 Å². The van der Waals surface area contributed by atoms with Gasteiger partial charge in [-0.25, -0.2) is 19.5 Å². The number of rotatable bonds is 7. The molecular weight excluding hydrogens is 369 g/mol. The summed E-state index contributed by atoms with van der Waals surface area (Å²) in [7, 11) is 0. The van der Waals surface area contributed by atoms with Crippen LogP contribution in [0.25, 0.3) is 0 Å². The summed E-state index contributed by atoms with van der Waals surface area (Å²) in [5, 5.41) is 21.0. The lowest BCUT2D eigenvalue weighted by molar-refractivity contribution is -0.215. The van der Waals surface area contributed by atoms with Crippen LogP contribution < -0.4 is 15.5 Å². The van der Waals surface area contributed by atoms with Gasteiger partial charge < -0.3 is 15.2 Å². The van der Waals surface area contributed by atoms with Gasteiger partial charge in [-0.2, -0.15) is 4.39 Å². The van der Waals surface area contributed by atoms with E-state index >= 15 is 0 Å². The second-order valence-corrected chi connectivity index (χ2v) is 5.94. The first-order valence-corrected chi connectivity index (χ1v) is 7.62. The highest BCUT2D eigenvalue weighted by atomic mass is 19.2. The molecule has 0 fully saturated rings. The number of hydrogen-bond acceptors (Lipinski definition) is 6. The molecular formula is C17H17F3N2O5. The Labute approximate surface area is 152 Å². The van der Waals surface area contributed by atoms with E-state index in [4.69, 9.17) is 9.99 Å². The highest BCUT2D eigenvalue weighted by Gasteiger charge is 2.32. The third kappa shape index (κ3) is 5.09. The third-order valence-corrected chi connectivity index (χ3v) is 3.60. The van der Waals surface area contributed by atoms with Gasteiger partial charge in [-0.05, 0) is 37.6 Å². The molecule has 1 amide bonds. The van der Waals surface area contributed by atoms with Crippen molar-refractivity contribution in [2.24, 2.45) is 0 Å². The third-order valence-electron chi connectivity index (χ3n) is 3.60. The fourth-order valence-corrected chi connectivity index (χ4v) is 2.09. The SMILES string of the molecule is Cc1cc(NC(=O)C(C)(O)COc2cc(F)cc(F)c2F)ccc1NOO. The van der Waals surface area contributed by atoms with E-state index in [9.17, 15) is 23.1 Å². The molecule has 0 radical (unpaired) electrons. The van der Waals surface area contributed by atoms with Crippen LogP contribution in [0.3, 0.4) is 0 Å². The summed E-state index contributed by atoms with van der Waals surface area (Å²) in [6.45, 7) is 2.01. The molecule has 0 aliphatic rings. The van der Waals surface area contributed by atoms with Gasteiger partial charge in [0.1, 0.15) is 12.4 Å². The zero-order valence-corrected chi connectivity index (χ0v) is 14.3. The predicted molar refractivity (Wildman–Crippen MR) is 89.6 cm³/mol. The van der Waals surface area contributed by atoms with Crippen LogP contribution in [-0.2, 0) is 9.78 Å².